The van der Waals surface area contributed by atoms with Gasteiger partial charge in [0.15, 0.2) is 9.84 Å². The summed E-state index contributed by atoms with van der Waals surface area (Å²) in [5.41, 5.74) is 1.78. The SMILES string of the molecule is CCC(c1cccc(OCc2ccccc2)c1)S(=O)(=O)c1ccc(Cl)cc1. The number of rotatable bonds is 7. The molecule has 1 atom stereocenters. The lowest BCUT2D eigenvalue weighted by Gasteiger charge is -2.18. The van der Waals surface area contributed by atoms with E-state index in [1.165, 1.54) is 0 Å². The normalized spacial score (nSPS) is 12.5. The predicted molar refractivity (Wildman–Crippen MR) is 109 cm³/mol. The molecule has 0 amide bonds. The van der Waals surface area contributed by atoms with Gasteiger partial charge in [-0.2, -0.15) is 0 Å². The molecule has 0 N–H and O–H groups in total. The molecule has 3 aromatic rings. The van der Waals surface area contributed by atoms with Gasteiger partial charge < -0.3 is 4.74 Å². The van der Waals surface area contributed by atoms with E-state index in [9.17, 15) is 8.42 Å². The van der Waals surface area contributed by atoms with Gasteiger partial charge in [-0.15, -0.1) is 0 Å². The Morgan fingerprint density at radius 1 is 0.926 bits per heavy atom. The fourth-order valence-electron chi connectivity index (χ4n) is 2.97. The first kappa shape index (κ1) is 19.5. The summed E-state index contributed by atoms with van der Waals surface area (Å²) in [5, 5.41) is -0.128. The van der Waals surface area contributed by atoms with E-state index in [2.05, 4.69) is 0 Å². The number of sulfone groups is 1. The van der Waals surface area contributed by atoms with Crippen LogP contribution in [0.1, 0.15) is 29.7 Å². The van der Waals surface area contributed by atoms with E-state index >= 15 is 0 Å². The van der Waals surface area contributed by atoms with E-state index in [0.29, 0.717) is 23.8 Å². The molecule has 3 nitrogen and oxygen atoms in total. The number of hydrogen-bond donors (Lipinski definition) is 0. The fraction of sp³-hybridized carbons (Fsp3) is 0.182. The van der Waals surface area contributed by atoms with E-state index in [4.69, 9.17) is 16.3 Å². The van der Waals surface area contributed by atoms with Crippen molar-refractivity contribution >= 4 is 21.4 Å². The molecule has 0 heterocycles. The van der Waals surface area contributed by atoms with Crippen molar-refractivity contribution in [3.63, 3.8) is 0 Å². The average Bonchev–Trinajstić information content (AvgIpc) is 2.68. The topological polar surface area (TPSA) is 43.4 Å². The highest BCUT2D eigenvalue weighted by Crippen LogP contribution is 2.33. The molecule has 0 bridgehead atoms. The molecule has 1 unspecified atom stereocenters. The Hall–Kier alpha value is -2.30. The standard InChI is InChI=1S/C22H21ClO3S/c1-2-22(27(24,25)21-13-11-19(23)12-14-21)18-9-6-10-20(15-18)26-16-17-7-4-3-5-8-17/h3-15,22H,2,16H2,1H3. The van der Waals surface area contributed by atoms with Crippen LogP contribution in [-0.4, -0.2) is 8.42 Å². The highest BCUT2D eigenvalue weighted by Gasteiger charge is 2.27. The van der Waals surface area contributed by atoms with Gasteiger partial charge in [-0.1, -0.05) is 61.0 Å². The van der Waals surface area contributed by atoms with E-state index in [-0.39, 0.29) is 4.90 Å². The number of hydrogen-bond acceptors (Lipinski definition) is 3. The molecule has 0 fully saturated rings. The molecule has 27 heavy (non-hydrogen) atoms. The summed E-state index contributed by atoms with van der Waals surface area (Å²) in [7, 11) is -3.52. The van der Waals surface area contributed by atoms with E-state index < -0.39 is 15.1 Å². The van der Waals surface area contributed by atoms with E-state index in [1.807, 2.05) is 61.5 Å². The second-order valence-corrected chi connectivity index (χ2v) is 8.81. The molecule has 3 rings (SSSR count). The van der Waals surface area contributed by atoms with Gasteiger partial charge in [-0.25, -0.2) is 8.42 Å². The maximum atomic E-state index is 13.1. The number of ether oxygens (including phenoxy) is 1. The van der Waals surface area contributed by atoms with Crippen molar-refractivity contribution in [1.82, 2.24) is 0 Å². The summed E-state index contributed by atoms with van der Waals surface area (Å²) in [6.07, 6.45) is 0.465. The van der Waals surface area contributed by atoms with Gasteiger partial charge >= 0.3 is 0 Å². The van der Waals surface area contributed by atoms with Crippen LogP contribution in [0.15, 0.2) is 83.8 Å². The van der Waals surface area contributed by atoms with Crippen LogP contribution in [0.5, 0.6) is 5.75 Å². The highest BCUT2D eigenvalue weighted by atomic mass is 35.5. The summed E-state index contributed by atoms with van der Waals surface area (Å²) in [5.74, 6) is 0.654. The molecule has 140 valence electrons. The van der Waals surface area contributed by atoms with Crippen LogP contribution in [0.4, 0.5) is 0 Å². The molecule has 0 saturated heterocycles. The van der Waals surface area contributed by atoms with Gasteiger partial charge in [0.1, 0.15) is 12.4 Å². The minimum absolute atomic E-state index is 0.273. The van der Waals surface area contributed by atoms with Crippen LogP contribution < -0.4 is 4.74 Å². The van der Waals surface area contributed by atoms with E-state index in [0.717, 1.165) is 11.1 Å². The molecule has 3 aromatic carbocycles. The van der Waals surface area contributed by atoms with Crippen LogP contribution in [0.25, 0.3) is 0 Å². The minimum atomic E-state index is -3.52. The Kier molecular flexibility index (Phi) is 6.19. The fourth-order valence-corrected chi connectivity index (χ4v) is 4.88. The van der Waals surface area contributed by atoms with Gasteiger partial charge in [0.05, 0.1) is 10.1 Å². The van der Waals surface area contributed by atoms with Gasteiger partial charge in [0, 0.05) is 5.02 Å². The first-order chi connectivity index (χ1) is 13.0. The van der Waals surface area contributed by atoms with Crippen LogP contribution >= 0.6 is 11.6 Å². The smallest absolute Gasteiger partial charge is 0.185 e. The van der Waals surface area contributed by atoms with Gasteiger partial charge in [0.25, 0.3) is 0 Å². The summed E-state index contributed by atoms with van der Waals surface area (Å²) in [6.45, 7) is 2.31. The Morgan fingerprint density at radius 3 is 2.30 bits per heavy atom. The Morgan fingerprint density at radius 2 is 1.63 bits per heavy atom. The lowest BCUT2D eigenvalue weighted by Crippen LogP contribution is -2.13. The van der Waals surface area contributed by atoms with Crippen LogP contribution in [0, 0.1) is 0 Å². The van der Waals surface area contributed by atoms with Crippen molar-refractivity contribution in [2.75, 3.05) is 0 Å². The van der Waals surface area contributed by atoms with Gasteiger partial charge in [-0.3, -0.25) is 0 Å². The van der Waals surface area contributed by atoms with Crippen molar-refractivity contribution in [2.45, 2.75) is 30.1 Å². The lowest BCUT2D eigenvalue weighted by molar-refractivity contribution is 0.306. The molecular formula is C22H21ClO3S. The molecule has 5 heteroatoms. The molecule has 0 spiro atoms. The molecular weight excluding hydrogens is 380 g/mol. The largest absolute Gasteiger partial charge is 0.489 e. The molecule has 0 saturated carbocycles. The quantitative estimate of drug-likeness (QED) is 0.500. The number of halogens is 1. The molecule has 0 aromatic heterocycles. The second kappa shape index (κ2) is 8.59. The highest BCUT2D eigenvalue weighted by molar-refractivity contribution is 7.91. The summed E-state index contributed by atoms with van der Waals surface area (Å²) < 4.78 is 32.0. The minimum Gasteiger partial charge on any atom is -0.489 e. The molecule has 0 radical (unpaired) electrons. The van der Waals surface area contributed by atoms with Crippen LogP contribution in [0.3, 0.4) is 0 Å². The summed E-state index contributed by atoms with van der Waals surface area (Å²) >= 11 is 5.89. The maximum Gasteiger partial charge on any atom is 0.185 e. The van der Waals surface area contributed by atoms with Crippen molar-refractivity contribution in [3.05, 3.63) is 95.0 Å². The average molecular weight is 401 g/mol. The maximum absolute atomic E-state index is 13.1. The van der Waals surface area contributed by atoms with E-state index in [1.54, 1.807) is 24.3 Å². The van der Waals surface area contributed by atoms with Crippen molar-refractivity contribution in [3.8, 4) is 5.75 Å². The third-order valence-electron chi connectivity index (χ3n) is 4.37. The zero-order valence-corrected chi connectivity index (χ0v) is 16.6. The first-order valence-corrected chi connectivity index (χ1v) is 10.7. The van der Waals surface area contributed by atoms with Gasteiger partial charge in [0.2, 0.25) is 0 Å². The summed E-state index contributed by atoms with van der Waals surface area (Å²) in [4.78, 5) is 0.273. The van der Waals surface area contributed by atoms with Gasteiger partial charge in [-0.05, 0) is 53.9 Å². The Bertz CT molecular complexity index is 984. The van der Waals surface area contributed by atoms with Crippen molar-refractivity contribution < 1.29 is 13.2 Å². The third kappa shape index (κ3) is 4.71. The van der Waals surface area contributed by atoms with Crippen molar-refractivity contribution in [1.29, 1.82) is 0 Å². The Labute approximate surface area is 165 Å². The third-order valence-corrected chi connectivity index (χ3v) is 6.90. The molecule has 0 aliphatic heterocycles. The zero-order valence-electron chi connectivity index (χ0n) is 15.0. The lowest BCUT2D eigenvalue weighted by atomic mass is 10.1. The summed E-state index contributed by atoms with van der Waals surface area (Å²) in [6, 6.07) is 23.5. The van der Waals surface area contributed by atoms with Crippen molar-refractivity contribution in [2.24, 2.45) is 0 Å². The van der Waals surface area contributed by atoms with Crippen LogP contribution in [-0.2, 0) is 16.4 Å². The zero-order chi connectivity index (χ0) is 19.3. The predicted octanol–water partition coefficient (Wildman–Crippen LogP) is 5.84. The molecule has 0 aliphatic carbocycles. The monoisotopic (exact) mass is 400 g/mol. The second-order valence-electron chi connectivity index (χ2n) is 6.24. The first-order valence-electron chi connectivity index (χ1n) is 8.77. The van der Waals surface area contributed by atoms with Crippen LogP contribution in [0.2, 0.25) is 5.02 Å². The number of benzene rings is 3. The Balaban J connectivity index is 1.84. The molecule has 0 aliphatic rings.